The summed E-state index contributed by atoms with van der Waals surface area (Å²) in [5.41, 5.74) is 2.87. The van der Waals surface area contributed by atoms with E-state index in [1.54, 1.807) is 11.3 Å². The normalized spacial score (nSPS) is 14.5. The molecule has 1 amide bonds. The molecule has 0 saturated heterocycles. The lowest BCUT2D eigenvalue weighted by molar-refractivity contribution is -0.122. The Morgan fingerprint density at radius 1 is 1.56 bits per heavy atom. The quantitative estimate of drug-likeness (QED) is 0.824. The number of rotatable bonds is 5. The summed E-state index contributed by atoms with van der Waals surface area (Å²) in [6.07, 6.45) is 0. The monoisotopic (exact) mass is 241 g/mol. The van der Waals surface area contributed by atoms with Crippen LogP contribution in [-0.2, 0) is 4.79 Å². The van der Waals surface area contributed by atoms with Gasteiger partial charge in [0.1, 0.15) is 0 Å². The third kappa shape index (κ3) is 3.28. The van der Waals surface area contributed by atoms with Gasteiger partial charge in [-0.25, -0.2) is 4.98 Å². The summed E-state index contributed by atoms with van der Waals surface area (Å²) in [5.74, 6) is 0.0384. The summed E-state index contributed by atoms with van der Waals surface area (Å²) in [5, 5.41) is 6.06. The minimum Gasteiger partial charge on any atom is -0.355 e. The molecule has 1 aromatic rings. The molecule has 2 unspecified atom stereocenters. The first-order chi connectivity index (χ1) is 7.56. The Morgan fingerprint density at radius 2 is 2.25 bits per heavy atom. The van der Waals surface area contributed by atoms with Crippen LogP contribution in [0.5, 0.6) is 0 Å². The van der Waals surface area contributed by atoms with Crippen LogP contribution in [0.4, 0.5) is 0 Å². The van der Waals surface area contributed by atoms with Gasteiger partial charge in [0, 0.05) is 17.5 Å². The van der Waals surface area contributed by atoms with Crippen LogP contribution in [0.15, 0.2) is 5.51 Å². The molecule has 1 heterocycles. The number of carbonyl (C=O) groups is 1. The fraction of sp³-hybridized carbons (Fsp3) is 0.636. The van der Waals surface area contributed by atoms with E-state index >= 15 is 0 Å². The fourth-order valence-corrected chi connectivity index (χ4v) is 2.40. The first-order valence-corrected chi connectivity index (χ1v) is 6.38. The van der Waals surface area contributed by atoms with Crippen LogP contribution in [0.25, 0.3) is 0 Å². The van der Waals surface area contributed by atoms with Gasteiger partial charge in [-0.2, -0.15) is 0 Å². The van der Waals surface area contributed by atoms with Gasteiger partial charge in [-0.1, -0.05) is 0 Å². The summed E-state index contributed by atoms with van der Waals surface area (Å²) in [4.78, 5) is 16.9. The highest BCUT2D eigenvalue weighted by atomic mass is 32.1. The van der Waals surface area contributed by atoms with E-state index < -0.39 is 0 Å². The van der Waals surface area contributed by atoms with E-state index in [0.717, 1.165) is 5.69 Å². The topological polar surface area (TPSA) is 54.0 Å². The number of aryl methyl sites for hydroxylation is 1. The summed E-state index contributed by atoms with van der Waals surface area (Å²) in [6.45, 7) is 8.50. The average Bonchev–Trinajstić information content (AvgIpc) is 2.64. The SMILES string of the molecule is CCNC(=O)C(C)NC(C)c1scnc1C. The second-order valence-corrected chi connectivity index (χ2v) is 4.69. The maximum atomic E-state index is 11.5. The largest absolute Gasteiger partial charge is 0.355 e. The molecule has 0 saturated carbocycles. The zero-order valence-corrected chi connectivity index (χ0v) is 11.0. The Balaban J connectivity index is 2.54. The number of nitrogens with one attached hydrogen (secondary N) is 2. The van der Waals surface area contributed by atoms with Gasteiger partial charge in [0.05, 0.1) is 17.2 Å². The highest BCUT2D eigenvalue weighted by Gasteiger charge is 2.17. The zero-order valence-electron chi connectivity index (χ0n) is 10.2. The Hall–Kier alpha value is -0.940. The summed E-state index contributed by atoms with van der Waals surface area (Å²) >= 11 is 1.62. The van der Waals surface area contributed by atoms with Crippen molar-refractivity contribution < 1.29 is 4.79 Å². The first-order valence-electron chi connectivity index (χ1n) is 5.50. The van der Waals surface area contributed by atoms with Crippen molar-refractivity contribution in [2.45, 2.75) is 39.8 Å². The minimum atomic E-state index is -0.184. The predicted molar refractivity (Wildman–Crippen MR) is 66.5 cm³/mol. The van der Waals surface area contributed by atoms with Crippen LogP contribution >= 0.6 is 11.3 Å². The molecule has 0 bridgehead atoms. The first kappa shape index (κ1) is 13.1. The summed E-state index contributed by atoms with van der Waals surface area (Å²) in [6, 6.07) is -0.0263. The Kier molecular flexibility index (Phi) is 4.89. The third-order valence-electron chi connectivity index (χ3n) is 2.42. The standard InChI is InChI=1S/C11H19N3OS/c1-5-12-11(15)9(4)14-8(3)10-7(2)13-6-16-10/h6,8-9,14H,5H2,1-4H3,(H,12,15). The van der Waals surface area contributed by atoms with E-state index in [-0.39, 0.29) is 18.0 Å². The Labute approximate surface area is 100 Å². The maximum absolute atomic E-state index is 11.5. The lowest BCUT2D eigenvalue weighted by Gasteiger charge is -2.18. The molecule has 0 spiro atoms. The molecule has 5 heteroatoms. The lowest BCUT2D eigenvalue weighted by atomic mass is 10.2. The molecule has 1 aromatic heterocycles. The molecule has 16 heavy (non-hydrogen) atoms. The number of amides is 1. The van der Waals surface area contributed by atoms with E-state index in [1.807, 2.05) is 26.3 Å². The molecule has 4 nitrogen and oxygen atoms in total. The van der Waals surface area contributed by atoms with Crippen molar-refractivity contribution in [3.8, 4) is 0 Å². The predicted octanol–water partition coefficient (Wildman–Crippen LogP) is 1.63. The van der Waals surface area contributed by atoms with Crippen molar-refractivity contribution in [1.29, 1.82) is 0 Å². The molecule has 0 radical (unpaired) electrons. The maximum Gasteiger partial charge on any atom is 0.236 e. The van der Waals surface area contributed by atoms with Crippen molar-refractivity contribution in [3.05, 3.63) is 16.1 Å². The zero-order chi connectivity index (χ0) is 12.1. The lowest BCUT2D eigenvalue weighted by Crippen LogP contribution is -2.42. The Bertz CT molecular complexity index is 351. The van der Waals surface area contributed by atoms with Gasteiger partial charge >= 0.3 is 0 Å². The molecular formula is C11H19N3OS. The van der Waals surface area contributed by atoms with Crippen molar-refractivity contribution in [1.82, 2.24) is 15.6 Å². The minimum absolute atomic E-state index is 0.0384. The number of hydrogen-bond donors (Lipinski definition) is 2. The Morgan fingerprint density at radius 3 is 2.75 bits per heavy atom. The van der Waals surface area contributed by atoms with Gasteiger partial charge < -0.3 is 5.32 Å². The van der Waals surface area contributed by atoms with Crippen LogP contribution in [0, 0.1) is 6.92 Å². The second-order valence-electron chi connectivity index (χ2n) is 3.81. The van der Waals surface area contributed by atoms with Gasteiger partial charge in [0.2, 0.25) is 5.91 Å². The van der Waals surface area contributed by atoms with Crippen molar-refractivity contribution in [2.24, 2.45) is 0 Å². The second kappa shape index (κ2) is 5.96. The third-order valence-corrected chi connectivity index (χ3v) is 3.53. The van der Waals surface area contributed by atoms with Gasteiger partial charge in [-0.15, -0.1) is 11.3 Å². The van der Waals surface area contributed by atoms with Gasteiger partial charge in [-0.3, -0.25) is 10.1 Å². The molecule has 0 aliphatic carbocycles. The van der Waals surface area contributed by atoms with Crippen LogP contribution in [0.1, 0.15) is 37.4 Å². The van der Waals surface area contributed by atoms with E-state index in [1.165, 1.54) is 4.88 Å². The molecule has 1 rings (SSSR count). The molecular weight excluding hydrogens is 222 g/mol. The highest BCUT2D eigenvalue weighted by molar-refractivity contribution is 7.09. The van der Waals surface area contributed by atoms with Crippen LogP contribution in [-0.4, -0.2) is 23.5 Å². The molecule has 2 N–H and O–H groups in total. The number of hydrogen-bond acceptors (Lipinski definition) is 4. The molecule has 0 aromatic carbocycles. The number of thiazole rings is 1. The van der Waals surface area contributed by atoms with Gasteiger partial charge in [-0.05, 0) is 27.7 Å². The van der Waals surface area contributed by atoms with Crippen LogP contribution < -0.4 is 10.6 Å². The number of carbonyl (C=O) groups excluding carboxylic acids is 1. The van der Waals surface area contributed by atoms with Crippen LogP contribution in [0.2, 0.25) is 0 Å². The van der Waals surface area contributed by atoms with E-state index in [2.05, 4.69) is 22.5 Å². The van der Waals surface area contributed by atoms with E-state index in [9.17, 15) is 4.79 Å². The smallest absolute Gasteiger partial charge is 0.236 e. The average molecular weight is 241 g/mol. The van der Waals surface area contributed by atoms with Crippen molar-refractivity contribution in [3.63, 3.8) is 0 Å². The summed E-state index contributed by atoms with van der Waals surface area (Å²) < 4.78 is 0. The van der Waals surface area contributed by atoms with Crippen LogP contribution in [0.3, 0.4) is 0 Å². The summed E-state index contributed by atoms with van der Waals surface area (Å²) in [7, 11) is 0. The molecule has 90 valence electrons. The number of aromatic nitrogens is 1. The molecule has 0 aliphatic heterocycles. The molecule has 0 fully saturated rings. The number of likely N-dealkylation sites (N-methyl/N-ethyl adjacent to an activating group) is 1. The molecule has 0 aliphatic rings. The van der Waals surface area contributed by atoms with Gasteiger partial charge in [0.15, 0.2) is 0 Å². The van der Waals surface area contributed by atoms with E-state index in [4.69, 9.17) is 0 Å². The van der Waals surface area contributed by atoms with Crippen molar-refractivity contribution in [2.75, 3.05) is 6.54 Å². The number of nitrogens with zero attached hydrogens (tertiary/aromatic N) is 1. The van der Waals surface area contributed by atoms with Gasteiger partial charge in [0.25, 0.3) is 0 Å². The molecule has 2 atom stereocenters. The van der Waals surface area contributed by atoms with Crippen molar-refractivity contribution >= 4 is 17.2 Å². The van der Waals surface area contributed by atoms with E-state index in [0.29, 0.717) is 6.54 Å². The fourth-order valence-electron chi connectivity index (χ4n) is 1.58. The highest BCUT2D eigenvalue weighted by Crippen LogP contribution is 2.21.